The molecular weight excluding hydrogens is 218 g/mol. The van der Waals surface area contributed by atoms with E-state index in [9.17, 15) is 0 Å². The van der Waals surface area contributed by atoms with Crippen LogP contribution in [0.3, 0.4) is 0 Å². The molecule has 0 bridgehead atoms. The summed E-state index contributed by atoms with van der Waals surface area (Å²) in [6.45, 7) is 6.73. The molecule has 96 valence electrons. The smallest absolute Gasteiger partial charge is 0.0488 e. The first-order valence-electron chi connectivity index (χ1n) is 7.29. The van der Waals surface area contributed by atoms with Gasteiger partial charge in [-0.3, -0.25) is 0 Å². The van der Waals surface area contributed by atoms with Crippen molar-refractivity contribution in [3.8, 4) is 0 Å². The van der Waals surface area contributed by atoms with Gasteiger partial charge in [0.2, 0.25) is 0 Å². The third-order valence-corrected chi connectivity index (χ3v) is 4.44. The summed E-state index contributed by atoms with van der Waals surface area (Å²) in [5.74, 6) is 0.905. The highest BCUT2D eigenvalue weighted by atomic mass is 14.7. The average Bonchev–Trinajstić information content (AvgIpc) is 2.68. The summed E-state index contributed by atoms with van der Waals surface area (Å²) in [6.07, 6.45) is 6.60. The zero-order valence-corrected chi connectivity index (χ0v) is 11.8. The number of aryl methyl sites for hydroxylation is 3. The maximum absolute atomic E-state index is 3.67. The SMILES string of the molecule is CCCC1CCc2[nH]c3c(C)cc(C)cc3c2C1. The molecule has 0 saturated heterocycles. The van der Waals surface area contributed by atoms with Gasteiger partial charge in [0.1, 0.15) is 0 Å². The van der Waals surface area contributed by atoms with Crippen LogP contribution in [0.25, 0.3) is 10.9 Å². The van der Waals surface area contributed by atoms with Crippen LogP contribution in [0.2, 0.25) is 0 Å². The Kier molecular flexibility index (Phi) is 2.93. The zero-order valence-electron chi connectivity index (χ0n) is 11.8. The molecule has 1 aromatic heterocycles. The van der Waals surface area contributed by atoms with Crippen LogP contribution in [0.15, 0.2) is 12.1 Å². The van der Waals surface area contributed by atoms with Gasteiger partial charge in [0.05, 0.1) is 0 Å². The first kappa shape index (κ1) is 11.8. The molecule has 3 rings (SSSR count). The summed E-state index contributed by atoms with van der Waals surface area (Å²) in [5.41, 5.74) is 7.28. The maximum atomic E-state index is 3.67. The fraction of sp³-hybridized carbons (Fsp3) is 0.529. The van der Waals surface area contributed by atoms with Crippen molar-refractivity contribution in [1.82, 2.24) is 4.98 Å². The lowest BCUT2D eigenvalue weighted by Gasteiger charge is -2.21. The lowest BCUT2D eigenvalue weighted by Crippen LogP contribution is -2.13. The molecule has 1 unspecified atom stereocenters. The lowest BCUT2D eigenvalue weighted by atomic mass is 9.83. The van der Waals surface area contributed by atoms with E-state index in [2.05, 4.69) is 37.9 Å². The van der Waals surface area contributed by atoms with Gasteiger partial charge in [-0.05, 0) is 56.2 Å². The second-order valence-electron chi connectivity index (χ2n) is 5.98. The van der Waals surface area contributed by atoms with Crippen LogP contribution >= 0.6 is 0 Å². The van der Waals surface area contributed by atoms with E-state index < -0.39 is 0 Å². The van der Waals surface area contributed by atoms with Crippen LogP contribution in [0, 0.1) is 19.8 Å². The molecule has 0 saturated carbocycles. The second-order valence-corrected chi connectivity index (χ2v) is 5.98. The minimum atomic E-state index is 0.905. The number of nitrogens with one attached hydrogen (secondary N) is 1. The molecule has 1 aliphatic carbocycles. The highest BCUT2D eigenvalue weighted by molar-refractivity contribution is 5.88. The molecule has 2 aromatic rings. The summed E-state index contributed by atoms with van der Waals surface area (Å²) in [5, 5.41) is 1.49. The predicted octanol–water partition coefficient (Wildman–Crippen LogP) is 4.69. The Hall–Kier alpha value is -1.24. The molecule has 0 spiro atoms. The van der Waals surface area contributed by atoms with Crippen molar-refractivity contribution in [3.63, 3.8) is 0 Å². The Balaban J connectivity index is 2.09. The highest BCUT2D eigenvalue weighted by Gasteiger charge is 2.22. The molecule has 1 heterocycles. The van der Waals surface area contributed by atoms with Gasteiger partial charge >= 0.3 is 0 Å². The molecule has 0 fully saturated rings. The Morgan fingerprint density at radius 3 is 2.89 bits per heavy atom. The molecular formula is C17H23N. The summed E-state index contributed by atoms with van der Waals surface area (Å²) >= 11 is 0. The number of H-pyrrole nitrogens is 1. The average molecular weight is 241 g/mol. The minimum Gasteiger partial charge on any atom is -0.358 e. The van der Waals surface area contributed by atoms with E-state index in [0.29, 0.717) is 0 Å². The van der Waals surface area contributed by atoms with E-state index in [1.165, 1.54) is 59.8 Å². The molecule has 0 amide bonds. The van der Waals surface area contributed by atoms with Crippen molar-refractivity contribution >= 4 is 10.9 Å². The van der Waals surface area contributed by atoms with Gasteiger partial charge < -0.3 is 4.98 Å². The second kappa shape index (κ2) is 4.46. The largest absolute Gasteiger partial charge is 0.358 e. The van der Waals surface area contributed by atoms with Crippen LogP contribution in [0.5, 0.6) is 0 Å². The molecule has 0 aliphatic heterocycles. The first-order chi connectivity index (χ1) is 8.69. The van der Waals surface area contributed by atoms with Crippen LogP contribution in [-0.2, 0) is 12.8 Å². The lowest BCUT2D eigenvalue weighted by molar-refractivity contribution is 0.422. The van der Waals surface area contributed by atoms with Gasteiger partial charge in [0.25, 0.3) is 0 Å². The Bertz CT molecular complexity index is 577. The maximum Gasteiger partial charge on any atom is 0.0488 e. The number of hydrogen-bond donors (Lipinski definition) is 1. The molecule has 1 aromatic carbocycles. The van der Waals surface area contributed by atoms with Crippen molar-refractivity contribution in [2.75, 3.05) is 0 Å². The summed E-state index contributed by atoms with van der Waals surface area (Å²) < 4.78 is 0. The fourth-order valence-corrected chi connectivity index (χ4v) is 3.60. The van der Waals surface area contributed by atoms with E-state index in [4.69, 9.17) is 0 Å². The number of benzene rings is 1. The van der Waals surface area contributed by atoms with Gasteiger partial charge in [-0.15, -0.1) is 0 Å². The van der Waals surface area contributed by atoms with Crippen LogP contribution in [0.4, 0.5) is 0 Å². The fourth-order valence-electron chi connectivity index (χ4n) is 3.60. The van der Waals surface area contributed by atoms with E-state index in [1.54, 1.807) is 5.56 Å². The monoisotopic (exact) mass is 241 g/mol. The summed E-state index contributed by atoms with van der Waals surface area (Å²) in [7, 11) is 0. The predicted molar refractivity (Wildman–Crippen MR) is 78.2 cm³/mol. The van der Waals surface area contributed by atoms with Crippen molar-refractivity contribution in [2.24, 2.45) is 5.92 Å². The van der Waals surface area contributed by atoms with Gasteiger partial charge in [0.15, 0.2) is 0 Å². The summed E-state index contributed by atoms with van der Waals surface area (Å²) in [4.78, 5) is 3.67. The van der Waals surface area contributed by atoms with Crippen molar-refractivity contribution in [2.45, 2.75) is 52.9 Å². The molecule has 1 nitrogen and oxygen atoms in total. The van der Waals surface area contributed by atoms with Crippen LogP contribution in [0.1, 0.15) is 48.6 Å². The molecule has 1 heteroatoms. The standard InChI is InChI=1S/C17H23N/c1-4-5-13-6-7-16-14(10-13)15-9-11(2)8-12(3)17(15)18-16/h8-9,13,18H,4-7,10H2,1-3H3. The van der Waals surface area contributed by atoms with Crippen molar-refractivity contribution in [3.05, 3.63) is 34.5 Å². The normalized spacial score (nSPS) is 19.2. The van der Waals surface area contributed by atoms with E-state index in [1.807, 2.05) is 0 Å². The minimum absolute atomic E-state index is 0.905. The Morgan fingerprint density at radius 2 is 2.11 bits per heavy atom. The van der Waals surface area contributed by atoms with Gasteiger partial charge in [-0.25, -0.2) is 0 Å². The molecule has 1 atom stereocenters. The van der Waals surface area contributed by atoms with Crippen LogP contribution in [-0.4, -0.2) is 4.98 Å². The molecule has 0 radical (unpaired) electrons. The van der Waals surface area contributed by atoms with Crippen molar-refractivity contribution < 1.29 is 0 Å². The number of fused-ring (bicyclic) bond motifs is 3. The molecule has 18 heavy (non-hydrogen) atoms. The summed E-state index contributed by atoms with van der Waals surface area (Å²) in [6, 6.07) is 4.65. The van der Waals surface area contributed by atoms with E-state index in [-0.39, 0.29) is 0 Å². The Morgan fingerprint density at radius 1 is 1.28 bits per heavy atom. The molecule has 1 aliphatic rings. The Labute approximate surface area is 110 Å². The zero-order chi connectivity index (χ0) is 12.7. The van der Waals surface area contributed by atoms with Gasteiger partial charge in [-0.1, -0.05) is 31.4 Å². The topological polar surface area (TPSA) is 15.8 Å². The number of aromatic amines is 1. The number of aromatic nitrogens is 1. The third kappa shape index (κ3) is 1.86. The van der Waals surface area contributed by atoms with E-state index >= 15 is 0 Å². The number of hydrogen-bond acceptors (Lipinski definition) is 0. The third-order valence-electron chi connectivity index (χ3n) is 4.44. The quantitative estimate of drug-likeness (QED) is 0.785. The first-order valence-corrected chi connectivity index (χ1v) is 7.29. The number of rotatable bonds is 2. The van der Waals surface area contributed by atoms with Gasteiger partial charge in [0, 0.05) is 16.6 Å². The highest BCUT2D eigenvalue weighted by Crippen LogP contribution is 2.35. The van der Waals surface area contributed by atoms with Crippen molar-refractivity contribution in [1.29, 1.82) is 0 Å². The van der Waals surface area contributed by atoms with Gasteiger partial charge in [-0.2, -0.15) is 0 Å². The molecule has 1 N–H and O–H groups in total. The van der Waals surface area contributed by atoms with E-state index in [0.717, 1.165) is 5.92 Å². The van der Waals surface area contributed by atoms with Crippen LogP contribution < -0.4 is 0 Å².